The molecule has 142 valence electrons. The van der Waals surface area contributed by atoms with E-state index in [9.17, 15) is 13.6 Å². The van der Waals surface area contributed by atoms with Crippen molar-refractivity contribution in [3.63, 3.8) is 0 Å². The van der Waals surface area contributed by atoms with Crippen LogP contribution < -0.4 is 21.9 Å². The zero-order chi connectivity index (χ0) is 19.4. The number of nitrogens with one attached hydrogen (secondary N) is 3. The van der Waals surface area contributed by atoms with Crippen molar-refractivity contribution < 1.29 is 8.78 Å². The van der Waals surface area contributed by atoms with Gasteiger partial charge in [0, 0.05) is 36.2 Å². The fourth-order valence-corrected chi connectivity index (χ4v) is 3.16. The Morgan fingerprint density at radius 3 is 2.70 bits per heavy atom. The molecule has 0 unspecified atom stereocenters. The molecule has 0 aliphatic rings. The van der Waals surface area contributed by atoms with Gasteiger partial charge in [-0.2, -0.15) is 0 Å². The van der Waals surface area contributed by atoms with Gasteiger partial charge in [-0.15, -0.1) is 0 Å². The van der Waals surface area contributed by atoms with E-state index >= 15 is 0 Å². The van der Waals surface area contributed by atoms with Crippen LogP contribution in [0.4, 0.5) is 14.5 Å². The molecule has 6 nitrogen and oxygen atoms in total. The summed E-state index contributed by atoms with van der Waals surface area (Å²) in [6, 6.07) is 6.71. The zero-order valence-electron chi connectivity index (χ0n) is 14.3. The first-order chi connectivity index (χ1) is 13.0. The summed E-state index contributed by atoms with van der Waals surface area (Å²) < 4.78 is 28.0. The van der Waals surface area contributed by atoms with Gasteiger partial charge < -0.3 is 21.4 Å². The summed E-state index contributed by atoms with van der Waals surface area (Å²) in [6.45, 7) is 2.31. The number of hydrogen-bond donors (Lipinski definition) is 4. The molecule has 1 aromatic heterocycles. The number of aromatic amines is 1. The number of halogens is 3. The third kappa shape index (κ3) is 4.49. The van der Waals surface area contributed by atoms with Crippen molar-refractivity contribution >= 4 is 32.5 Å². The molecule has 3 aromatic rings. The summed E-state index contributed by atoms with van der Waals surface area (Å²) in [4.78, 5) is 19.4. The van der Waals surface area contributed by atoms with Crippen LogP contribution in [0, 0.1) is 11.6 Å². The lowest BCUT2D eigenvalue weighted by Gasteiger charge is -2.10. The Morgan fingerprint density at radius 1 is 1.15 bits per heavy atom. The number of rotatable bonds is 7. The lowest BCUT2D eigenvalue weighted by molar-refractivity contribution is 0.627. The molecule has 2 aromatic carbocycles. The largest absolute Gasteiger partial charge is 0.381 e. The zero-order valence-corrected chi connectivity index (χ0v) is 15.9. The molecule has 3 rings (SSSR count). The molecule has 0 saturated carbocycles. The summed E-state index contributed by atoms with van der Waals surface area (Å²) in [5, 5.41) is 6.21. The summed E-state index contributed by atoms with van der Waals surface area (Å²) in [7, 11) is 0. The molecule has 5 N–H and O–H groups in total. The highest BCUT2D eigenvalue weighted by Crippen LogP contribution is 2.27. The van der Waals surface area contributed by atoms with E-state index in [1.165, 1.54) is 24.3 Å². The van der Waals surface area contributed by atoms with Crippen LogP contribution in [-0.2, 0) is 0 Å². The topological polar surface area (TPSA) is 95.8 Å². The molecular formula is C18H18BrF2N5O. The maximum absolute atomic E-state index is 14.3. The van der Waals surface area contributed by atoms with Gasteiger partial charge in [-0.3, -0.25) is 4.79 Å². The maximum atomic E-state index is 14.3. The number of hydrogen-bond acceptors (Lipinski definition) is 5. The number of fused-ring (bicyclic) bond motifs is 1. The predicted octanol–water partition coefficient (Wildman–Crippen LogP) is 2.59. The molecule has 0 fully saturated rings. The molecule has 9 heteroatoms. The molecule has 0 aliphatic heterocycles. The van der Waals surface area contributed by atoms with Crippen molar-refractivity contribution in [3.8, 4) is 11.4 Å². The molecule has 0 radical (unpaired) electrons. The Labute approximate surface area is 162 Å². The van der Waals surface area contributed by atoms with Crippen LogP contribution in [0.1, 0.15) is 0 Å². The number of nitrogens with zero attached hydrogens (tertiary/aromatic N) is 1. The Morgan fingerprint density at radius 2 is 1.96 bits per heavy atom. The van der Waals surface area contributed by atoms with Crippen molar-refractivity contribution in [2.45, 2.75) is 0 Å². The van der Waals surface area contributed by atoms with E-state index in [4.69, 9.17) is 5.73 Å². The van der Waals surface area contributed by atoms with Gasteiger partial charge in [-0.1, -0.05) is 0 Å². The molecule has 0 amide bonds. The smallest absolute Gasteiger partial charge is 0.259 e. The van der Waals surface area contributed by atoms with Gasteiger partial charge in [0.05, 0.1) is 16.6 Å². The molecule has 27 heavy (non-hydrogen) atoms. The van der Waals surface area contributed by atoms with Gasteiger partial charge >= 0.3 is 0 Å². The Bertz CT molecular complexity index is 1020. The normalized spacial score (nSPS) is 11.1. The highest BCUT2D eigenvalue weighted by Gasteiger charge is 2.13. The average Bonchev–Trinajstić information content (AvgIpc) is 2.62. The van der Waals surface area contributed by atoms with Crippen LogP contribution in [0.5, 0.6) is 0 Å². The minimum atomic E-state index is -0.538. The fourth-order valence-electron chi connectivity index (χ4n) is 2.62. The van der Waals surface area contributed by atoms with E-state index in [0.29, 0.717) is 41.7 Å². The average molecular weight is 438 g/mol. The fraction of sp³-hybridized carbons (Fsp3) is 0.222. The Kier molecular flexibility index (Phi) is 6.15. The quantitative estimate of drug-likeness (QED) is 0.426. The molecule has 0 atom stereocenters. The molecule has 1 heterocycles. The van der Waals surface area contributed by atoms with Crippen molar-refractivity contribution in [1.29, 1.82) is 0 Å². The number of H-pyrrole nitrogens is 1. The van der Waals surface area contributed by atoms with Crippen LogP contribution in [-0.4, -0.2) is 36.1 Å². The van der Waals surface area contributed by atoms with Gasteiger partial charge in [0.2, 0.25) is 0 Å². The first-order valence-corrected chi connectivity index (χ1v) is 9.12. The van der Waals surface area contributed by atoms with Crippen LogP contribution in [0.2, 0.25) is 0 Å². The molecule has 0 bridgehead atoms. The van der Waals surface area contributed by atoms with E-state index in [2.05, 4.69) is 36.5 Å². The van der Waals surface area contributed by atoms with Gasteiger partial charge in [0.15, 0.2) is 0 Å². The minimum absolute atomic E-state index is 0.140. The van der Waals surface area contributed by atoms with E-state index in [1.807, 2.05) is 0 Å². The predicted molar refractivity (Wildman–Crippen MR) is 106 cm³/mol. The second-order valence-electron chi connectivity index (χ2n) is 5.85. The van der Waals surface area contributed by atoms with Crippen LogP contribution in [0.25, 0.3) is 22.3 Å². The lowest BCUT2D eigenvalue weighted by atomic mass is 10.1. The molecule has 0 aliphatic carbocycles. The van der Waals surface area contributed by atoms with E-state index < -0.39 is 17.2 Å². The molecule has 0 saturated heterocycles. The number of nitrogens with two attached hydrogens (primary N) is 1. The SMILES string of the molecule is NCCNCCNc1cc2nc(-c3ccc(F)cc3Br)[nH]c(=O)c2cc1F. The number of benzene rings is 2. The first kappa shape index (κ1) is 19.4. The van der Waals surface area contributed by atoms with Gasteiger partial charge in [-0.25, -0.2) is 13.8 Å². The van der Waals surface area contributed by atoms with E-state index in [-0.39, 0.29) is 16.9 Å². The van der Waals surface area contributed by atoms with Crippen LogP contribution in [0.15, 0.2) is 39.6 Å². The van der Waals surface area contributed by atoms with Gasteiger partial charge in [0.1, 0.15) is 17.5 Å². The standard InChI is InChI=1S/C18H18BrF2N5O/c19-13-7-10(20)1-2-11(13)17-25-15-9-16(24-6-5-23-4-3-22)14(21)8-12(15)18(27)26-17/h1-2,7-9,23-24H,3-6,22H2,(H,25,26,27). The monoisotopic (exact) mass is 437 g/mol. The van der Waals surface area contributed by atoms with Crippen molar-refractivity contribution in [2.75, 3.05) is 31.5 Å². The third-order valence-corrected chi connectivity index (χ3v) is 4.57. The molecule has 0 spiro atoms. The van der Waals surface area contributed by atoms with Gasteiger partial charge in [0.25, 0.3) is 5.56 Å². The van der Waals surface area contributed by atoms with Crippen molar-refractivity contribution in [1.82, 2.24) is 15.3 Å². The van der Waals surface area contributed by atoms with Gasteiger partial charge in [-0.05, 0) is 46.3 Å². The molecular weight excluding hydrogens is 420 g/mol. The summed E-state index contributed by atoms with van der Waals surface area (Å²) in [5.41, 5.74) is 6.04. The minimum Gasteiger partial charge on any atom is -0.381 e. The summed E-state index contributed by atoms with van der Waals surface area (Å²) in [6.07, 6.45) is 0. The van der Waals surface area contributed by atoms with Crippen LogP contribution >= 0.6 is 15.9 Å². The summed E-state index contributed by atoms with van der Waals surface area (Å²) >= 11 is 3.26. The highest BCUT2D eigenvalue weighted by atomic mass is 79.9. The third-order valence-electron chi connectivity index (χ3n) is 3.92. The first-order valence-electron chi connectivity index (χ1n) is 8.33. The van der Waals surface area contributed by atoms with Crippen molar-refractivity contribution in [2.24, 2.45) is 5.73 Å². The van der Waals surface area contributed by atoms with E-state index in [1.54, 1.807) is 0 Å². The lowest BCUT2D eigenvalue weighted by Crippen LogP contribution is -2.27. The number of aromatic nitrogens is 2. The second kappa shape index (κ2) is 8.55. The van der Waals surface area contributed by atoms with E-state index in [0.717, 1.165) is 6.07 Å². The second-order valence-corrected chi connectivity index (χ2v) is 6.71. The Hall–Kier alpha value is -2.36. The highest BCUT2D eigenvalue weighted by molar-refractivity contribution is 9.10. The Balaban J connectivity index is 1.95. The number of anilines is 1. The summed E-state index contributed by atoms with van der Waals surface area (Å²) in [5.74, 6) is -0.684. The van der Waals surface area contributed by atoms with Crippen LogP contribution in [0.3, 0.4) is 0 Å². The van der Waals surface area contributed by atoms with Crippen molar-refractivity contribution in [3.05, 3.63) is 56.8 Å². The maximum Gasteiger partial charge on any atom is 0.259 e.